The number of rotatable bonds is 13. The van der Waals surface area contributed by atoms with Crippen molar-refractivity contribution in [2.24, 2.45) is 103 Å². The van der Waals surface area contributed by atoms with Gasteiger partial charge in [0, 0.05) is 11.3 Å². The molecule has 0 saturated heterocycles. The molecular formula is C68H128O4P2. The van der Waals surface area contributed by atoms with Crippen molar-refractivity contribution < 1.29 is 18.1 Å². The van der Waals surface area contributed by atoms with E-state index in [9.17, 15) is 0 Å². The van der Waals surface area contributed by atoms with Crippen molar-refractivity contribution >= 4 is 16.8 Å². The molecule has 0 N–H and O–H groups in total. The van der Waals surface area contributed by atoms with E-state index in [2.05, 4.69) is 159 Å². The molecule has 0 aromatic rings. The van der Waals surface area contributed by atoms with Crippen molar-refractivity contribution in [3.05, 3.63) is 0 Å². The molecule has 74 heavy (non-hydrogen) atoms. The minimum absolute atomic E-state index is 0.211. The maximum atomic E-state index is 7.75. The Labute approximate surface area is 465 Å². The Morgan fingerprint density at radius 1 is 0.311 bits per heavy atom. The third-order valence-corrected chi connectivity index (χ3v) is 26.1. The zero-order valence-corrected chi connectivity index (χ0v) is 55.5. The summed E-state index contributed by atoms with van der Waals surface area (Å²) >= 11 is 0. The summed E-state index contributed by atoms with van der Waals surface area (Å²) in [5.74, 6) is 7.71. The normalized spacial score (nSPS) is 37.9. The van der Waals surface area contributed by atoms with Crippen LogP contribution < -0.4 is 0 Å². The van der Waals surface area contributed by atoms with Gasteiger partial charge in [0.25, 0.3) is 0 Å². The fraction of sp³-hybridized carbons (Fsp3) is 1.00. The second-order valence-electron chi connectivity index (χ2n) is 35.1. The van der Waals surface area contributed by atoms with Gasteiger partial charge in [-0.2, -0.15) is 0 Å². The van der Waals surface area contributed by atoms with Crippen molar-refractivity contribution in [3.8, 4) is 0 Å². The molecule has 13 unspecified atom stereocenters. The van der Waals surface area contributed by atoms with Crippen molar-refractivity contribution in [1.82, 2.24) is 0 Å². The third-order valence-electron chi connectivity index (χ3n) is 22.0. The lowest BCUT2D eigenvalue weighted by Crippen LogP contribution is -2.44. The number of hydrogen-bond acceptors (Lipinski definition) is 4. The second-order valence-corrected chi connectivity index (χ2v) is 38.5. The first kappa shape index (κ1) is 63.9. The van der Waals surface area contributed by atoms with E-state index >= 15 is 0 Å². The van der Waals surface area contributed by atoms with Crippen LogP contribution in [0.1, 0.15) is 294 Å². The molecule has 0 aliphatic heterocycles. The molecule has 6 heteroatoms. The smallest absolute Gasteiger partial charge is 0.174 e. The van der Waals surface area contributed by atoms with Gasteiger partial charge in [-0.25, -0.2) is 0 Å². The first-order chi connectivity index (χ1) is 33.9. The minimum Gasteiger partial charge on any atom is -0.330 e. The summed E-state index contributed by atoms with van der Waals surface area (Å²) in [5, 5.41) is 0. The van der Waals surface area contributed by atoms with E-state index in [1.165, 1.54) is 135 Å². The Bertz CT molecular complexity index is 1620. The zero-order valence-electron chi connectivity index (χ0n) is 53.7. The largest absolute Gasteiger partial charge is 0.330 e. The van der Waals surface area contributed by atoms with Gasteiger partial charge in [0.2, 0.25) is 0 Å². The van der Waals surface area contributed by atoms with E-state index in [-0.39, 0.29) is 16.2 Å². The quantitative estimate of drug-likeness (QED) is 0.172. The predicted molar refractivity (Wildman–Crippen MR) is 324 cm³/mol. The molecule has 13 atom stereocenters. The maximum Gasteiger partial charge on any atom is 0.174 e. The summed E-state index contributed by atoms with van der Waals surface area (Å²) in [7, 11) is -1.98. The van der Waals surface area contributed by atoms with Crippen LogP contribution >= 0.6 is 16.8 Å². The standard InChI is InChI=1S/C68H128O4P2/c1-45(2)40-48-41-49(62(3,4)5)28-36-58(48)69-73(70-59-37-29-50(63(6,7)8)42-55(59)66(15,16)17)53-32-24-46(25-33-53)47-26-34-54(35-27-47)74(71-60-38-30-51(64(9,10)11)43-56(60)67(18,19)20)72-61-39-31-52(65(12,13)14)44-57(61)68(21,22)23/h45-61H,24-44H2,1-23H3. The lowest BCUT2D eigenvalue weighted by Gasteiger charge is -2.50. The van der Waals surface area contributed by atoms with Gasteiger partial charge in [0.05, 0.1) is 24.4 Å². The first-order valence-corrected chi connectivity index (χ1v) is 34.6. The molecule has 0 bridgehead atoms. The highest BCUT2D eigenvalue weighted by Crippen LogP contribution is 2.63. The van der Waals surface area contributed by atoms with Gasteiger partial charge in [0.1, 0.15) is 0 Å². The maximum absolute atomic E-state index is 7.75. The highest BCUT2D eigenvalue weighted by molar-refractivity contribution is 7.48. The first-order valence-electron chi connectivity index (χ1n) is 32.1. The van der Waals surface area contributed by atoms with E-state index in [1.54, 1.807) is 0 Å². The molecule has 6 fully saturated rings. The highest BCUT2D eigenvalue weighted by atomic mass is 31.2. The van der Waals surface area contributed by atoms with Crippen molar-refractivity contribution in [2.45, 2.75) is 330 Å². The van der Waals surface area contributed by atoms with Crippen LogP contribution in [0.2, 0.25) is 0 Å². The Morgan fingerprint density at radius 2 is 0.568 bits per heavy atom. The topological polar surface area (TPSA) is 36.9 Å². The minimum atomic E-state index is -0.998. The molecule has 0 aromatic heterocycles. The van der Waals surface area contributed by atoms with Gasteiger partial charge in [-0.15, -0.1) is 0 Å². The van der Waals surface area contributed by atoms with Gasteiger partial charge in [-0.1, -0.05) is 159 Å². The Morgan fingerprint density at radius 3 is 0.824 bits per heavy atom. The van der Waals surface area contributed by atoms with Crippen molar-refractivity contribution in [3.63, 3.8) is 0 Å². The molecule has 434 valence electrons. The summed E-state index contributed by atoms with van der Waals surface area (Å²) in [4.78, 5) is 0. The summed E-state index contributed by atoms with van der Waals surface area (Å²) in [6, 6.07) is 0. The van der Waals surface area contributed by atoms with Crippen molar-refractivity contribution in [2.75, 3.05) is 0 Å². The molecular weight excluding hydrogens is 943 g/mol. The van der Waals surface area contributed by atoms with Crippen LogP contribution in [0.4, 0.5) is 0 Å². The van der Waals surface area contributed by atoms with E-state index < -0.39 is 16.8 Å². The van der Waals surface area contributed by atoms with Crippen LogP contribution in [0.15, 0.2) is 0 Å². The van der Waals surface area contributed by atoms with Gasteiger partial charge < -0.3 is 18.1 Å². The van der Waals surface area contributed by atoms with Gasteiger partial charge >= 0.3 is 0 Å². The van der Waals surface area contributed by atoms with Crippen molar-refractivity contribution in [1.29, 1.82) is 0 Å². The summed E-state index contributed by atoms with van der Waals surface area (Å²) in [5.41, 5.74) is 3.11. The van der Waals surface area contributed by atoms with E-state index in [4.69, 9.17) is 18.1 Å². The second kappa shape index (κ2) is 25.0. The fourth-order valence-electron chi connectivity index (χ4n) is 16.4. The number of hydrogen-bond donors (Lipinski definition) is 0. The van der Waals surface area contributed by atoms with E-state index in [0.29, 0.717) is 87.0 Å². The van der Waals surface area contributed by atoms with Crippen LogP contribution in [-0.4, -0.2) is 35.7 Å². The van der Waals surface area contributed by atoms with E-state index in [1.807, 2.05) is 0 Å². The fourth-order valence-corrected chi connectivity index (χ4v) is 20.7. The molecule has 6 saturated carbocycles. The molecule has 0 heterocycles. The van der Waals surface area contributed by atoms with Gasteiger partial charge in [-0.05, 0) is 238 Å². The summed E-state index contributed by atoms with van der Waals surface area (Å²) < 4.78 is 31.0. The average Bonchev–Trinajstić information content (AvgIpc) is 3.27. The lowest BCUT2D eigenvalue weighted by molar-refractivity contribution is -0.0409. The Hall–Kier alpha value is 0.700. The molecule has 4 nitrogen and oxygen atoms in total. The molecule has 0 amide bonds. The van der Waals surface area contributed by atoms with E-state index in [0.717, 1.165) is 35.5 Å². The van der Waals surface area contributed by atoms with Crippen LogP contribution in [-0.2, 0) is 18.1 Å². The van der Waals surface area contributed by atoms with Crippen LogP contribution in [0, 0.1) is 103 Å². The molecule has 6 aliphatic carbocycles. The molecule has 6 rings (SSSR count). The summed E-state index contributed by atoms with van der Waals surface area (Å²) in [6.07, 6.45) is 28.2. The average molecular weight is 1070 g/mol. The molecule has 6 aliphatic rings. The predicted octanol–water partition coefficient (Wildman–Crippen LogP) is 22.3. The Kier molecular flexibility index (Phi) is 21.6. The highest BCUT2D eigenvalue weighted by Gasteiger charge is 2.50. The lowest BCUT2D eigenvalue weighted by atomic mass is 9.62. The third kappa shape index (κ3) is 17.4. The monoisotopic (exact) mass is 1070 g/mol. The van der Waals surface area contributed by atoms with Crippen LogP contribution in [0.3, 0.4) is 0 Å². The van der Waals surface area contributed by atoms with Gasteiger partial charge in [-0.3, -0.25) is 0 Å². The van der Waals surface area contributed by atoms with Crippen LogP contribution in [0.5, 0.6) is 0 Å². The molecule has 0 spiro atoms. The molecule has 0 aromatic carbocycles. The zero-order chi connectivity index (χ0) is 55.1. The Balaban J connectivity index is 1.18. The van der Waals surface area contributed by atoms with Gasteiger partial charge in [0.15, 0.2) is 16.8 Å². The summed E-state index contributed by atoms with van der Waals surface area (Å²) in [6.45, 7) is 57.1. The van der Waals surface area contributed by atoms with Crippen LogP contribution in [0.25, 0.3) is 0 Å². The molecule has 0 radical (unpaired) electrons. The SMILES string of the molecule is CC(C)CC1CC(C(C)(C)C)CCC1OP(OC1CCC(C(C)(C)C)CC1C(C)(C)C)C1CCC(C2CCC(P(OC3CCC(C(C)(C)C)CC3C(C)(C)C)OC3CCC(C(C)(C)C)CC3C(C)(C)C)CC2)CC1.